The van der Waals surface area contributed by atoms with Gasteiger partial charge in [0.1, 0.15) is 5.82 Å². The average molecular weight is 522 g/mol. The second kappa shape index (κ2) is 9.56. The molecule has 0 bridgehead atoms. The number of imidazole rings is 1. The first-order chi connectivity index (χ1) is 17.1. The molecule has 0 spiro atoms. The molecule has 2 aliphatic heterocycles. The van der Waals surface area contributed by atoms with Crippen molar-refractivity contribution in [1.82, 2.24) is 24.2 Å². The topological polar surface area (TPSA) is 105 Å². The number of hydrogen-bond donors (Lipinski definition) is 1. The van der Waals surface area contributed by atoms with Gasteiger partial charge in [0.15, 0.2) is 20.9 Å². The van der Waals surface area contributed by atoms with Crippen LogP contribution in [0.15, 0.2) is 47.5 Å². The first kappa shape index (κ1) is 24.8. The Balaban J connectivity index is 1.22. The predicted octanol–water partition coefficient (Wildman–Crippen LogP) is 4.00. The molecule has 2 atom stereocenters. The highest BCUT2D eigenvalue weighted by Crippen LogP contribution is 2.34. The van der Waals surface area contributed by atoms with Crippen LogP contribution in [0.25, 0.3) is 11.2 Å². The number of nitrogens with zero attached hydrogens (tertiary/aromatic N) is 4. The molecule has 2 fully saturated rings. The summed E-state index contributed by atoms with van der Waals surface area (Å²) in [6.07, 6.45) is -0.556. The van der Waals surface area contributed by atoms with Crippen LogP contribution in [0.2, 0.25) is 0 Å². The lowest BCUT2D eigenvalue weighted by Gasteiger charge is -2.37. The van der Waals surface area contributed by atoms with Crippen molar-refractivity contribution in [2.45, 2.75) is 42.7 Å². The Morgan fingerprint density at radius 1 is 1.11 bits per heavy atom. The van der Waals surface area contributed by atoms with Crippen molar-refractivity contribution in [1.29, 1.82) is 0 Å². The summed E-state index contributed by atoms with van der Waals surface area (Å²) in [5, 5.41) is 0. The summed E-state index contributed by atoms with van der Waals surface area (Å²) in [5.74, 6) is 0.542. The molecule has 192 valence electrons. The number of benzene rings is 1. The van der Waals surface area contributed by atoms with E-state index in [1.165, 1.54) is 10.4 Å². The lowest BCUT2D eigenvalue weighted by Crippen LogP contribution is -2.48. The van der Waals surface area contributed by atoms with Crippen molar-refractivity contribution in [2.24, 2.45) is 5.92 Å². The Morgan fingerprint density at radius 2 is 1.89 bits per heavy atom. The molecule has 4 heterocycles. The minimum absolute atomic E-state index is 0.00921. The summed E-state index contributed by atoms with van der Waals surface area (Å²) in [7, 11) is -4.09. The zero-order chi connectivity index (χ0) is 25.5. The number of alkyl halides is 3. The fourth-order valence-electron chi connectivity index (χ4n) is 5.04. The van der Waals surface area contributed by atoms with Gasteiger partial charge >= 0.3 is 6.18 Å². The van der Waals surface area contributed by atoms with E-state index in [-0.39, 0.29) is 35.7 Å². The van der Waals surface area contributed by atoms with Crippen LogP contribution < -0.4 is 0 Å². The van der Waals surface area contributed by atoms with Gasteiger partial charge in [-0.2, -0.15) is 13.2 Å². The van der Waals surface area contributed by atoms with E-state index in [1.807, 2.05) is 17.0 Å². The molecule has 2 unspecified atom stereocenters. The predicted molar refractivity (Wildman–Crippen MR) is 125 cm³/mol. The highest BCUT2D eigenvalue weighted by molar-refractivity contribution is 7.95. The van der Waals surface area contributed by atoms with E-state index in [4.69, 9.17) is 0 Å². The van der Waals surface area contributed by atoms with E-state index in [0.29, 0.717) is 37.6 Å². The number of aromatic nitrogens is 3. The number of nitrogens with one attached hydrogen (secondary N) is 1. The Morgan fingerprint density at radius 3 is 2.61 bits per heavy atom. The third-order valence-electron chi connectivity index (χ3n) is 7.00. The van der Waals surface area contributed by atoms with Crippen LogP contribution in [-0.2, 0) is 25.6 Å². The molecule has 0 aliphatic carbocycles. The van der Waals surface area contributed by atoms with Gasteiger partial charge in [-0.05, 0) is 49.9 Å². The van der Waals surface area contributed by atoms with Crippen molar-refractivity contribution in [2.75, 3.05) is 26.2 Å². The van der Waals surface area contributed by atoms with E-state index in [1.54, 1.807) is 6.20 Å². The third-order valence-corrected chi connectivity index (χ3v) is 8.89. The molecule has 2 aromatic heterocycles. The van der Waals surface area contributed by atoms with Gasteiger partial charge < -0.3 is 14.4 Å². The molecule has 36 heavy (non-hydrogen) atoms. The zero-order valence-corrected chi connectivity index (χ0v) is 20.2. The van der Waals surface area contributed by atoms with E-state index in [9.17, 15) is 26.7 Å². The van der Waals surface area contributed by atoms with Crippen molar-refractivity contribution in [3.63, 3.8) is 0 Å². The summed E-state index contributed by atoms with van der Waals surface area (Å²) in [6.45, 7) is 1.33. The fraction of sp³-hybridized carbons (Fsp3) is 0.458. The Kier molecular flexibility index (Phi) is 6.60. The van der Waals surface area contributed by atoms with Crippen LogP contribution in [0.4, 0.5) is 13.2 Å². The van der Waals surface area contributed by atoms with Gasteiger partial charge in [-0.1, -0.05) is 10.3 Å². The van der Waals surface area contributed by atoms with Gasteiger partial charge in [0.25, 0.3) is 0 Å². The molecular weight excluding hydrogens is 495 g/mol. The number of hydrogen-bond acceptors (Lipinski definition) is 5. The van der Waals surface area contributed by atoms with Crippen LogP contribution in [0.3, 0.4) is 0 Å². The largest absolute Gasteiger partial charge is 0.593 e. The number of pyridine rings is 1. The summed E-state index contributed by atoms with van der Waals surface area (Å²) in [4.78, 5) is 26.9. The van der Waals surface area contributed by atoms with E-state index >= 15 is 0 Å². The smallest absolute Gasteiger partial charge is 0.416 e. The van der Waals surface area contributed by atoms with Crippen molar-refractivity contribution >= 4 is 27.5 Å². The van der Waals surface area contributed by atoms with Crippen molar-refractivity contribution < 1.29 is 26.7 Å². The molecule has 2 aliphatic rings. The number of aromatic amines is 1. The molecule has 1 aromatic carbocycles. The first-order valence-corrected chi connectivity index (χ1v) is 13.3. The quantitative estimate of drug-likeness (QED) is 0.523. The number of likely N-dealkylation sites (tertiary alicyclic amines) is 1. The van der Waals surface area contributed by atoms with Gasteiger partial charge in [0, 0.05) is 50.3 Å². The lowest BCUT2D eigenvalue weighted by atomic mass is 9.92. The highest BCUT2D eigenvalue weighted by atomic mass is 32.3. The van der Waals surface area contributed by atoms with Crippen molar-refractivity contribution in [3.8, 4) is 0 Å². The molecule has 0 radical (unpaired) electrons. The number of amides is 1. The maximum atomic E-state index is 13.3. The van der Waals surface area contributed by atoms with Gasteiger partial charge in [-0.25, -0.2) is 9.97 Å². The van der Waals surface area contributed by atoms with E-state index in [0.717, 1.165) is 36.3 Å². The Bertz CT molecular complexity index is 1270. The third kappa shape index (κ3) is 4.89. The zero-order valence-electron chi connectivity index (χ0n) is 19.4. The number of fused-ring (bicyclic) bond motifs is 1. The van der Waals surface area contributed by atoms with Crippen LogP contribution in [-0.4, -0.2) is 60.8 Å². The number of piperidine rings is 2. The number of carbonyl (C=O) groups excluding carboxylic acids is 1. The SMILES string of the molecule is O=C(C1CCN([S+](=O)([O-])c2cccc(C(F)(F)F)c2)CC1)N1CCCC(c2nc3ncccc3[nH]2)C1. The molecule has 2 saturated heterocycles. The fourth-order valence-corrected chi connectivity index (χ4v) is 6.56. The normalized spacial score (nSPS) is 22.0. The average Bonchev–Trinajstić information content (AvgIpc) is 3.32. The minimum atomic E-state index is -4.63. The number of halogens is 3. The molecule has 12 heteroatoms. The summed E-state index contributed by atoms with van der Waals surface area (Å²) >= 11 is 0. The molecule has 0 saturated carbocycles. The maximum absolute atomic E-state index is 13.3. The summed E-state index contributed by atoms with van der Waals surface area (Å²) in [5.41, 5.74) is 0.490. The van der Waals surface area contributed by atoms with Gasteiger partial charge in [0.05, 0.1) is 11.1 Å². The second-order valence-corrected chi connectivity index (χ2v) is 11.3. The van der Waals surface area contributed by atoms with Crippen molar-refractivity contribution in [3.05, 3.63) is 54.0 Å². The number of sulfonamides is 1. The molecule has 1 N–H and O–H groups in total. The van der Waals surface area contributed by atoms with Gasteiger partial charge in [-0.3, -0.25) is 4.79 Å². The van der Waals surface area contributed by atoms with Crippen LogP contribution in [0.1, 0.15) is 43.0 Å². The number of rotatable bonds is 4. The maximum Gasteiger partial charge on any atom is 0.416 e. The standard InChI is InChI=1S/C24H26F3N5O3S/c25-24(26,27)18-5-1-6-19(14-18)36(34,35)32-12-8-16(9-13-32)23(33)31-11-3-4-17(15-31)21-29-20-7-2-10-28-22(20)30-21/h1-2,5-7,10,14,16-17H,3-4,8-9,11-13,15H2,(H-,28,29,30,34,35). The van der Waals surface area contributed by atoms with Gasteiger partial charge in [-0.15, -0.1) is 4.31 Å². The van der Waals surface area contributed by atoms with Crippen LogP contribution in [0, 0.1) is 5.92 Å². The Labute approximate surface area is 207 Å². The number of carbonyl (C=O) groups is 1. The lowest BCUT2D eigenvalue weighted by molar-refractivity contribution is -0.138. The van der Waals surface area contributed by atoms with Crippen LogP contribution >= 0.6 is 0 Å². The summed E-state index contributed by atoms with van der Waals surface area (Å²) in [6, 6.07) is 7.51. The molecular formula is C24H26F3N5O3S. The first-order valence-electron chi connectivity index (χ1n) is 11.9. The van der Waals surface area contributed by atoms with Gasteiger partial charge in [0.2, 0.25) is 5.91 Å². The summed E-state index contributed by atoms with van der Waals surface area (Å²) < 4.78 is 66.2. The molecule has 5 rings (SSSR count). The van der Waals surface area contributed by atoms with E-state index in [2.05, 4.69) is 15.0 Å². The second-order valence-electron chi connectivity index (χ2n) is 9.32. The highest BCUT2D eigenvalue weighted by Gasteiger charge is 2.39. The molecule has 8 nitrogen and oxygen atoms in total. The number of H-pyrrole nitrogens is 1. The minimum Gasteiger partial charge on any atom is -0.593 e. The Hall–Kier alpha value is -2.83. The molecule has 3 aromatic rings. The van der Waals surface area contributed by atoms with Crippen LogP contribution in [0.5, 0.6) is 0 Å². The molecule has 1 amide bonds. The van der Waals surface area contributed by atoms with E-state index < -0.39 is 22.1 Å². The monoisotopic (exact) mass is 521 g/mol.